The number of hydrogen-bond donors (Lipinski definition) is 1. The minimum atomic E-state index is -0.522. The molecule has 19 heavy (non-hydrogen) atoms. The molecule has 1 N–H and O–H groups in total. The third-order valence-electron chi connectivity index (χ3n) is 2.74. The number of benzene rings is 1. The molecule has 0 spiro atoms. The van der Waals surface area contributed by atoms with Crippen molar-refractivity contribution in [1.29, 1.82) is 0 Å². The van der Waals surface area contributed by atoms with Crippen LogP contribution in [0, 0.1) is 0 Å². The van der Waals surface area contributed by atoms with Crippen molar-refractivity contribution in [2.45, 2.75) is 38.8 Å². The molecule has 4 nitrogen and oxygen atoms in total. The molecule has 1 rings (SSSR count). The summed E-state index contributed by atoms with van der Waals surface area (Å²) in [6.45, 7) is 5.53. The van der Waals surface area contributed by atoms with Gasteiger partial charge in [0.2, 0.25) is 0 Å². The second-order valence-corrected chi connectivity index (χ2v) is 5.53. The van der Waals surface area contributed by atoms with Crippen LogP contribution in [0.3, 0.4) is 0 Å². The molecule has 1 amide bonds. The highest BCUT2D eigenvalue weighted by atomic mass is 16.6. The number of amides is 1. The lowest BCUT2D eigenvalue weighted by Crippen LogP contribution is -2.37. The Morgan fingerprint density at radius 1 is 1.32 bits per heavy atom. The van der Waals surface area contributed by atoms with Crippen LogP contribution in [0.5, 0.6) is 0 Å². The van der Waals surface area contributed by atoms with Crippen LogP contribution < -0.4 is 0 Å². The van der Waals surface area contributed by atoms with Gasteiger partial charge in [0.15, 0.2) is 0 Å². The first-order chi connectivity index (χ1) is 8.85. The predicted molar refractivity (Wildman–Crippen MR) is 74.9 cm³/mol. The van der Waals surface area contributed by atoms with E-state index in [0.717, 1.165) is 5.56 Å². The Hall–Kier alpha value is -1.55. The Labute approximate surface area is 115 Å². The molecule has 0 aliphatic heterocycles. The van der Waals surface area contributed by atoms with E-state index in [0.29, 0.717) is 6.42 Å². The number of nitrogens with zero attached hydrogens (tertiary/aromatic N) is 1. The Bertz CT molecular complexity index is 398. The van der Waals surface area contributed by atoms with Gasteiger partial charge in [-0.2, -0.15) is 0 Å². The van der Waals surface area contributed by atoms with Crippen LogP contribution in [0.25, 0.3) is 0 Å². The summed E-state index contributed by atoms with van der Waals surface area (Å²) >= 11 is 0. The summed E-state index contributed by atoms with van der Waals surface area (Å²) in [5.74, 6) is 0. The molecule has 0 fully saturated rings. The van der Waals surface area contributed by atoms with E-state index in [4.69, 9.17) is 4.74 Å². The fraction of sp³-hybridized carbons (Fsp3) is 0.533. The van der Waals surface area contributed by atoms with E-state index < -0.39 is 5.60 Å². The van der Waals surface area contributed by atoms with Crippen molar-refractivity contribution in [3.05, 3.63) is 35.9 Å². The van der Waals surface area contributed by atoms with Crippen molar-refractivity contribution in [2.24, 2.45) is 0 Å². The van der Waals surface area contributed by atoms with Crippen molar-refractivity contribution in [3.63, 3.8) is 0 Å². The van der Waals surface area contributed by atoms with Gasteiger partial charge in [0.05, 0.1) is 6.04 Å². The van der Waals surface area contributed by atoms with Crippen molar-refractivity contribution in [3.8, 4) is 0 Å². The standard InChI is InChI=1S/C15H23NO3/c1-15(2,3)19-14(18)16(4)13(10-11-17)12-8-6-5-7-9-12/h5-9,13,17H,10-11H2,1-4H3/t13-/m1/s1. The molecule has 1 atom stereocenters. The summed E-state index contributed by atoms with van der Waals surface area (Å²) in [5.41, 5.74) is 0.469. The summed E-state index contributed by atoms with van der Waals surface area (Å²) < 4.78 is 5.35. The van der Waals surface area contributed by atoms with Crippen molar-refractivity contribution in [2.75, 3.05) is 13.7 Å². The van der Waals surface area contributed by atoms with Crippen LogP contribution in [0.1, 0.15) is 38.8 Å². The van der Waals surface area contributed by atoms with E-state index in [1.807, 2.05) is 51.1 Å². The molecular weight excluding hydrogens is 242 g/mol. The van der Waals surface area contributed by atoms with Crippen LogP contribution in [-0.2, 0) is 4.74 Å². The van der Waals surface area contributed by atoms with Crippen molar-refractivity contribution < 1.29 is 14.6 Å². The van der Waals surface area contributed by atoms with Crippen LogP contribution in [0.15, 0.2) is 30.3 Å². The summed E-state index contributed by atoms with van der Waals surface area (Å²) in [4.78, 5) is 13.6. The van der Waals surface area contributed by atoms with E-state index in [2.05, 4.69) is 0 Å². The maximum Gasteiger partial charge on any atom is 0.410 e. The predicted octanol–water partition coefficient (Wildman–Crippen LogP) is 2.98. The summed E-state index contributed by atoms with van der Waals surface area (Å²) in [6.07, 6.45) is 0.106. The number of carbonyl (C=O) groups excluding carboxylic acids is 1. The van der Waals surface area contributed by atoms with Gasteiger partial charge in [0.25, 0.3) is 0 Å². The molecule has 0 saturated carbocycles. The van der Waals surface area contributed by atoms with Gasteiger partial charge in [-0.15, -0.1) is 0 Å². The molecule has 0 unspecified atom stereocenters. The van der Waals surface area contributed by atoms with Crippen LogP contribution in [0.2, 0.25) is 0 Å². The van der Waals surface area contributed by atoms with Gasteiger partial charge in [0.1, 0.15) is 5.60 Å². The molecule has 0 saturated heterocycles. The zero-order chi connectivity index (χ0) is 14.5. The molecule has 4 heteroatoms. The Morgan fingerprint density at radius 3 is 2.37 bits per heavy atom. The Kier molecular flexibility index (Phi) is 5.36. The van der Waals surface area contributed by atoms with E-state index in [1.54, 1.807) is 7.05 Å². The maximum atomic E-state index is 12.1. The molecule has 0 aromatic heterocycles. The number of rotatable bonds is 4. The summed E-state index contributed by atoms with van der Waals surface area (Å²) in [5, 5.41) is 9.18. The van der Waals surface area contributed by atoms with E-state index in [-0.39, 0.29) is 18.7 Å². The van der Waals surface area contributed by atoms with Gasteiger partial charge in [-0.3, -0.25) is 0 Å². The highest BCUT2D eigenvalue weighted by Gasteiger charge is 2.25. The SMILES string of the molecule is CN(C(=O)OC(C)(C)C)[C@H](CCO)c1ccccc1. The van der Waals surface area contributed by atoms with Gasteiger partial charge in [-0.25, -0.2) is 4.79 Å². The summed E-state index contributed by atoms with van der Waals surface area (Å²) in [7, 11) is 1.70. The van der Waals surface area contributed by atoms with Gasteiger partial charge in [-0.05, 0) is 32.8 Å². The first-order valence-corrected chi connectivity index (χ1v) is 6.47. The smallest absolute Gasteiger partial charge is 0.410 e. The van der Waals surface area contributed by atoms with Gasteiger partial charge < -0.3 is 14.7 Å². The minimum Gasteiger partial charge on any atom is -0.444 e. The third-order valence-corrected chi connectivity index (χ3v) is 2.74. The van der Waals surface area contributed by atoms with Gasteiger partial charge >= 0.3 is 6.09 Å². The quantitative estimate of drug-likeness (QED) is 0.910. The van der Waals surface area contributed by atoms with E-state index >= 15 is 0 Å². The number of hydrogen-bond acceptors (Lipinski definition) is 3. The largest absolute Gasteiger partial charge is 0.444 e. The molecular formula is C15H23NO3. The highest BCUT2D eigenvalue weighted by Crippen LogP contribution is 2.24. The van der Waals surface area contributed by atoms with Crippen LogP contribution in [0.4, 0.5) is 4.79 Å². The average Bonchev–Trinajstić information content (AvgIpc) is 2.34. The molecule has 0 heterocycles. The monoisotopic (exact) mass is 265 g/mol. The average molecular weight is 265 g/mol. The second kappa shape index (κ2) is 6.57. The number of aliphatic hydroxyl groups is 1. The minimum absolute atomic E-state index is 0.0205. The molecule has 106 valence electrons. The lowest BCUT2D eigenvalue weighted by Gasteiger charge is -2.30. The Balaban J connectivity index is 2.85. The lowest BCUT2D eigenvalue weighted by atomic mass is 10.0. The fourth-order valence-corrected chi connectivity index (χ4v) is 1.84. The first-order valence-electron chi connectivity index (χ1n) is 6.47. The Morgan fingerprint density at radius 2 is 1.89 bits per heavy atom. The molecule has 0 aliphatic rings. The third kappa shape index (κ3) is 4.91. The van der Waals surface area contributed by atoms with E-state index in [9.17, 15) is 9.90 Å². The van der Waals surface area contributed by atoms with E-state index in [1.165, 1.54) is 4.90 Å². The topological polar surface area (TPSA) is 49.8 Å². The van der Waals surface area contributed by atoms with Crippen LogP contribution >= 0.6 is 0 Å². The molecule has 0 radical (unpaired) electrons. The molecule has 0 aliphatic carbocycles. The van der Waals surface area contributed by atoms with Crippen molar-refractivity contribution >= 4 is 6.09 Å². The van der Waals surface area contributed by atoms with Crippen LogP contribution in [-0.4, -0.2) is 35.4 Å². The maximum absolute atomic E-state index is 12.1. The fourth-order valence-electron chi connectivity index (χ4n) is 1.84. The van der Waals surface area contributed by atoms with Crippen molar-refractivity contribution in [1.82, 2.24) is 4.90 Å². The van der Waals surface area contributed by atoms with Gasteiger partial charge in [-0.1, -0.05) is 30.3 Å². The zero-order valence-corrected chi connectivity index (χ0v) is 12.1. The number of ether oxygens (including phenoxy) is 1. The number of carbonyl (C=O) groups is 1. The lowest BCUT2D eigenvalue weighted by molar-refractivity contribution is 0.0198. The second-order valence-electron chi connectivity index (χ2n) is 5.53. The zero-order valence-electron chi connectivity index (χ0n) is 12.1. The molecule has 0 bridgehead atoms. The summed E-state index contributed by atoms with van der Waals surface area (Å²) in [6, 6.07) is 9.47. The number of aliphatic hydroxyl groups excluding tert-OH is 1. The molecule has 1 aromatic carbocycles. The molecule has 1 aromatic rings. The first kappa shape index (κ1) is 15.5. The highest BCUT2D eigenvalue weighted by molar-refractivity contribution is 5.68. The normalized spacial score (nSPS) is 12.9. The van der Waals surface area contributed by atoms with Gasteiger partial charge in [0, 0.05) is 13.7 Å².